The summed E-state index contributed by atoms with van der Waals surface area (Å²) in [4.78, 5) is 25.0. The number of aryl methyl sites for hydroxylation is 1. The maximum Gasteiger partial charge on any atom is 0.335 e. The van der Waals surface area contributed by atoms with Gasteiger partial charge in [-0.2, -0.15) is 0 Å². The highest BCUT2D eigenvalue weighted by molar-refractivity contribution is 5.99. The summed E-state index contributed by atoms with van der Waals surface area (Å²) in [6.45, 7) is 4.71. The number of carboxylic acid groups (broad SMARTS) is 1. The van der Waals surface area contributed by atoms with E-state index in [9.17, 15) is 14.7 Å². The molecule has 1 aliphatic heterocycles. The van der Waals surface area contributed by atoms with Crippen LogP contribution in [0.1, 0.15) is 33.7 Å². The van der Waals surface area contributed by atoms with Gasteiger partial charge in [0.25, 0.3) is 0 Å². The van der Waals surface area contributed by atoms with Gasteiger partial charge in [-0.05, 0) is 56.2 Å². The van der Waals surface area contributed by atoms with E-state index in [4.69, 9.17) is 0 Å². The van der Waals surface area contributed by atoms with E-state index in [1.807, 2.05) is 43.7 Å². The Morgan fingerprint density at radius 1 is 1.25 bits per heavy atom. The largest absolute Gasteiger partial charge is 0.478 e. The van der Waals surface area contributed by atoms with Crippen molar-refractivity contribution in [3.05, 3.63) is 58.4 Å². The first-order valence-corrected chi connectivity index (χ1v) is 7.87. The van der Waals surface area contributed by atoms with Gasteiger partial charge in [-0.1, -0.05) is 6.07 Å². The van der Waals surface area contributed by atoms with E-state index in [0.717, 1.165) is 41.2 Å². The Balaban J connectivity index is 2.05. The average Bonchev–Trinajstić information content (AvgIpc) is 3.01. The van der Waals surface area contributed by atoms with E-state index < -0.39 is 5.97 Å². The van der Waals surface area contributed by atoms with Gasteiger partial charge < -0.3 is 14.6 Å². The van der Waals surface area contributed by atoms with Gasteiger partial charge in [0.1, 0.15) is 0 Å². The van der Waals surface area contributed by atoms with Gasteiger partial charge in [0.15, 0.2) is 0 Å². The maximum absolute atomic E-state index is 12.1. The fraction of sp³-hybridized carbons (Fsp3) is 0.263. The summed E-state index contributed by atoms with van der Waals surface area (Å²) in [5, 5.41) is 9.18. The van der Waals surface area contributed by atoms with Crippen molar-refractivity contribution in [2.45, 2.75) is 20.3 Å². The van der Waals surface area contributed by atoms with Crippen molar-refractivity contribution in [3.8, 4) is 5.69 Å². The number of amides is 1. The minimum absolute atomic E-state index is 0.0766. The molecular formula is C19H20N2O3. The van der Waals surface area contributed by atoms with Crippen molar-refractivity contribution in [3.63, 3.8) is 0 Å². The molecule has 1 aromatic carbocycles. The summed E-state index contributed by atoms with van der Waals surface area (Å²) in [7, 11) is 1.81. The van der Waals surface area contributed by atoms with Gasteiger partial charge in [-0.25, -0.2) is 4.79 Å². The van der Waals surface area contributed by atoms with E-state index in [0.29, 0.717) is 0 Å². The molecule has 0 spiro atoms. The van der Waals surface area contributed by atoms with Crippen LogP contribution in [0.5, 0.6) is 0 Å². The number of likely N-dealkylation sites (N-methyl/N-ethyl adjacent to an activating group) is 1. The number of hydrogen-bond donors (Lipinski definition) is 1. The minimum atomic E-state index is -0.943. The van der Waals surface area contributed by atoms with Crippen LogP contribution in [0, 0.1) is 13.8 Å². The molecule has 24 heavy (non-hydrogen) atoms. The second-order valence-electron chi connectivity index (χ2n) is 6.16. The summed E-state index contributed by atoms with van der Waals surface area (Å²) in [5.41, 5.74) is 4.87. The average molecular weight is 324 g/mol. The van der Waals surface area contributed by atoms with Gasteiger partial charge in [0, 0.05) is 36.2 Å². The van der Waals surface area contributed by atoms with E-state index in [1.165, 1.54) is 0 Å². The number of likely N-dealkylation sites (tertiary alicyclic amines) is 1. The lowest BCUT2D eigenvalue weighted by atomic mass is 10.1. The first-order valence-electron chi connectivity index (χ1n) is 7.87. The van der Waals surface area contributed by atoms with Crippen LogP contribution < -0.4 is 0 Å². The molecule has 0 saturated carbocycles. The predicted octanol–water partition coefficient (Wildman–Crippen LogP) is 3.04. The Kier molecular flexibility index (Phi) is 4.01. The van der Waals surface area contributed by atoms with E-state index in [-0.39, 0.29) is 11.5 Å². The quantitative estimate of drug-likeness (QED) is 0.883. The first kappa shape index (κ1) is 16.1. The van der Waals surface area contributed by atoms with Crippen LogP contribution >= 0.6 is 0 Å². The smallest absolute Gasteiger partial charge is 0.335 e. The summed E-state index contributed by atoms with van der Waals surface area (Å²) in [5.74, 6) is -0.867. The highest BCUT2D eigenvalue weighted by atomic mass is 16.4. The van der Waals surface area contributed by atoms with Crippen LogP contribution in [-0.4, -0.2) is 40.0 Å². The number of benzene rings is 1. The highest BCUT2D eigenvalue weighted by Gasteiger charge is 2.23. The van der Waals surface area contributed by atoms with E-state index in [1.54, 1.807) is 23.1 Å². The second kappa shape index (κ2) is 6.00. The van der Waals surface area contributed by atoms with Crippen LogP contribution in [-0.2, 0) is 4.79 Å². The monoisotopic (exact) mass is 324 g/mol. The Bertz CT molecular complexity index is 861. The molecule has 1 aromatic heterocycles. The van der Waals surface area contributed by atoms with Crippen LogP contribution in [0.2, 0.25) is 0 Å². The standard InChI is InChI=1S/C19H20N2O3/c1-12-9-16(10-14-7-8-20(3)18(14)22)13(2)21(12)17-6-4-5-15(11-17)19(23)24/h4-6,9-11H,7-8H2,1-3H3,(H,23,24)/b14-10+. The first-order chi connectivity index (χ1) is 11.4. The summed E-state index contributed by atoms with van der Waals surface area (Å²) < 4.78 is 2.02. The third-order valence-corrected chi connectivity index (χ3v) is 4.49. The zero-order chi connectivity index (χ0) is 17.4. The van der Waals surface area contributed by atoms with Crippen molar-refractivity contribution < 1.29 is 14.7 Å². The van der Waals surface area contributed by atoms with Gasteiger partial charge in [-0.15, -0.1) is 0 Å². The Morgan fingerprint density at radius 3 is 2.62 bits per heavy atom. The number of aromatic nitrogens is 1. The molecule has 1 N–H and O–H groups in total. The Morgan fingerprint density at radius 2 is 2.00 bits per heavy atom. The van der Waals surface area contributed by atoms with Crippen molar-refractivity contribution >= 4 is 18.0 Å². The van der Waals surface area contributed by atoms with Gasteiger partial charge in [0.05, 0.1) is 5.56 Å². The molecule has 1 saturated heterocycles. The normalized spacial score (nSPS) is 16.2. The number of carboxylic acids is 1. The third kappa shape index (κ3) is 2.73. The molecule has 5 nitrogen and oxygen atoms in total. The zero-order valence-electron chi connectivity index (χ0n) is 14.0. The summed E-state index contributed by atoms with van der Waals surface area (Å²) in [6, 6.07) is 8.90. The SMILES string of the molecule is Cc1cc(/C=C2\CCN(C)C2=O)c(C)n1-c1cccc(C(=O)O)c1. The number of carbonyl (C=O) groups is 2. The number of hydrogen-bond acceptors (Lipinski definition) is 2. The predicted molar refractivity (Wildman–Crippen MR) is 92.4 cm³/mol. The van der Waals surface area contributed by atoms with Crippen molar-refractivity contribution in [1.82, 2.24) is 9.47 Å². The van der Waals surface area contributed by atoms with Gasteiger partial charge in [0.2, 0.25) is 5.91 Å². The Labute approximate surface area is 140 Å². The topological polar surface area (TPSA) is 62.5 Å². The highest BCUT2D eigenvalue weighted by Crippen LogP contribution is 2.26. The van der Waals surface area contributed by atoms with Crippen molar-refractivity contribution in [2.75, 3.05) is 13.6 Å². The van der Waals surface area contributed by atoms with Crippen LogP contribution in [0.25, 0.3) is 11.8 Å². The van der Waals surface area contributed by atoms with Crippen LogP contribution in [0.3, 0.4) is 0 Å². The molecule has 2 aromatic rings. The van der Waals surface area contributed by atoms with Crippen LogP contribution in [0.4, 0.5) is 0 Å². The molecular weight excluding hydrogens is 304 g/mol. The fourth-order valence-corrected chi connectivity index (χ4v) is 3.17. The molecule has 3 rings (SSSR count). The molecule has 0 unspecified atom stereocenters. The molecule has 0 atom stereocenters. The maximum atomic E-state index is 12.1. The lowest BCUT2D eigenvalue weighted by molar-refractivity contribution is -0.123. The van der Waals surface area contributed by atoms with Gasteiger partial charge in [-0.3, -0.25) is 4.79 Å². The molecule has 5 heteroatoms. The van der Waals surface area contributed by atoms with Crippen LogP contribution in [0.15, 0.2) is 35.9 Å². The molecule has 2 heterocycles. The van der Waals surface area contributed by atoms with Crippen molar-refractivity contribution in [2.24, 2.45) is 0 Å². The molecule has 0 bridgehead atoms. The summed E-state index contributed by atoms with van der Waals surface area (Å²) in [6.07, 6.45) is 2.71. The number of nitrogens with zero attached hydrogens (tertiary/aromatic N) is 2. The lowest BCUT2D eigenvalue weighted by Crippen LogP contribution is -2.18. The number of aromatic carboxylic acids is 1. The minimum Gasteiger partial charge on any atom is -0.478 e. The van der Waals surface area contributed by atoms with E-state index in [2.05, 4.69) is 0 Å². The third-order valence-electron chi connectivity index (χ3n) is 4.49. The lowest BCUT2D eigenvalue weighted by Gasteiger charge is -2.10. The number of rotatable bonds is 3. The fourth-order valence-electron chi connectivity index (χ4n) is 3.17. The zero-order valence-corrected chi connectivity index (χ0v) is 14.0. The molecule has 0 radical (unpaired) electrons. The molecule has 0 aliphatic carbocycles. The molecule has 1 aliphatic rings. The molecule has 1 fully saturated rings. The molecule has 1 amide bonds. The summed E-state index contributed by atoms with van der Waals surface area (Å²) >= 11 is 0. The van der Waals surface area contributed by atoms with Crippen molar-refractivity contribution in [1.29, 1.82) is 0 Å². The Hall–Kier alpha value is -2.82. The second-order valence-corrected chi connectivity index (χ2v) is 6.16. The van der Waals surface area contributed by atoms with Gasteiger partial charge >= 0.3 is 5.97 Å². The number of carbonyl (C=O) groups excluding carboxylic acids is 1. The molecule has 124 valence electrons. The van der Waals surface area contributed by atoms with E-state index >= 15 is 0 Å².